The van der Waals surface area contributed by atoms with Gasteiger partial charge in [0.2, 0.25) is 11.8 Å². The number of hydrogen-bond donors (Lipinski definition) is 2. The highest BCUT2D eigenvalue weighted by atomic mass is 16.2. The molecule has 9 heteroatoms. The van der Waals surface area contributed by atoms with E-state index in [-0.39, 0.29) is 13.1 Å². The van der Waals surface area contributed by atoms with E-state index in [0.29, 0.717) is 10.6 Å². The van der Waals surface area contributed by atoms with Gasteiger partial charge in [0.1, 0.15) is 6.54 Å². The minimum absolute atomic E-state index is 0.0424. The van der Waals surface area contributed by atoms with Crippen LogP contribution >= 0.6 is 0 Å². The molecule has 1 aliphatic heterocycles. The van der Waals surface area contributed by atoms with Gasteiger partial charge < -0.3 is 10.6 Å². The Morgan fingerprint density at radius 3 is 2.23 bits per heavy atom. The van der Waals surface area contributed by atoms with Crippen LogP contribution in [0.3, 0.4) is 0 Å². The van der Waals surface area contributed by atoms with Gasteiger partial charge in [0, 0.05) is 12.2 Å². The van der Waals surface area contributed by atoms with Gasteiger partial charge in [-0.3, -0.25) is 24.1 Å². The summed E-state index contributed by atoms with van der Waals surface area (Å²) >= 11 is 0. The van der Waals surface area contributed by atoms with Gasteiger partial charge >= 0.3 is 17.8 Å². The van der Waals surface area contributed by atoms with Crippen molar-refractivity contribution < 1.29 is 24.0 Å². The predicted molar refractivity (Wildman–Crippen MR) is 92.0 cm³/mol. The minimum atomic E-state index is -1.05. The van der Waals surface area contributed by atoms with Crippen molar-refractivity contribution in [3.63, 3.8) is 0 Å². The number of anilines is 1. The van der Waals surface area contributed by atoms with Gasteiger partial charge in [-0.2, -0.15) is 0 Å². The molecule has 1 saturated heterocycles. The predicted octanol–water partition coefficient (Wildman–Crippen LogP) is 0.114. The molecule has 0 saturated carbocycles. The first-order valence-corrected chi connectivity index (χ1v) is 8.20. The normalized spacial score (nSPS) is 14.0. The monoisotopic (exact) mass is 360 g/mol. The molecular weight excluding hydrogens is 340 g/mol. The van der Waals surface area contributed by atoms with Crippen LogP contribution < -0.4 is 10.6 Å². The standard InChI is InChI=1S/C17H20N4O5/c1-3-11-7-5-6-8-12(11)19-13(22)9-18-14(23)10-21-16(25)15(24)20(4-2)17(21)26/h5-8H,3-4,9-10H2,1-2H3,(H,18,23)(H,19,22). The first-order chi connectivity index (χ1) is 12.4. The molecule has 9 nitrogen and oxygen atoms in total. The SMILES string of the molecule is CCc1ccccc1NC(=O)CNC(=O)CN1C(=O)C(=O)N(CC)C1=O. The number of nitrogens with zero attached hydrogens (tertiary/aromatic N) is 2. The Hall–Kier alpha value is -3.23. The molecule has 0 bridgehead atoms. The second kappa shape index (κ2) is 8.24. The largest absolute Gasteiger partial charge is 0.345 e. The number of benzene rings is 1. The van der Waals surface area contributed by atoms with Crippen LogP contribution in [0.4, 0.5) is 10.5 Å². The van der Waals surface area contributed by atoms with E-state index in [0.717, 1.165) is 16.9 Å². The average Bonchev–Trinajstić information content (AvgIpc) is 2.83. The van der Waals surface area contributed by atoms with Crippen molar-refractivity contribution in [2.45, 2.75) is 20.3 Å². The Labute approximate surface area is 150 Å². The van der Waals surface area contributed by atoms with Crippen LogP contribution in [0.1, 0.15) is 19.4 Å². The van der Waals surface area contributed by atoms with Crippen molar-refractivity contribution in [3.05, 3.63) is 29.8 Å². The third-order valence-corrected chi connectivity index (χ3v) is 3.87. The number of nitrogens with one attached hydrogen (secondary N) is 2. The minimum Gasteiger partial charge on any atom is -0.345 e. The number of imide groups is 2. The number of carbonyl (C=O) groups excluding carboxylic acids is 5. The number of hydrogen-bond acceptors (Lipinski definition) is 5. The third-order valence-electron chi connectivity index (χ3n) is 3.87. The lowest BCUT2D eigenvalue weighted by Crippen LogP contribution is -2.43. The van der Waals surface area contributed by atoms with Crippen molar-refractivity contribution in [2.24, 2.45) is 0 Å². The van der Waals surface area contributed by atoms with Crippen LogP contribution in [-0.4, -0.2) is 59.1 Å². The van der Waals surface area contributed by atoms with E-state index in [1.165, 1.54) is 0 Å². The Morgan fingerprint density at radius 2 is 1.62 bits per heavy atom. The molecule has 26 heavy (non-hydrogen) atoms. The Morgan fingerprint density at radius 1 is 0.962 bits per heavy atom. The lowest BCUT2D eigenvalue weighted by Gasteiger charge is -2.14. The zero-order chi connectivity index (χ0) is 19.3. The summed E-state index contributed by atoms with van der Waals surface area (Å²) in [4.78, 5) is 60.4. The molecule has 1 aromatic rings. The molecule has 1 fully saturated rings. The van der Waals surface area contributed by atoms with Gasteiger partial charge in [-0.1, -0.05) is 25.1 Å². The van der Waals surface area contributed by atoms with Crippen molar-refractivity contribution >= 4 is 35.3 Å². The smallest absolute Gasteiger partial charge is 0.334 e. The van der Waals surface area contributed by atoms with Crippen LogP contribution in [-0.2, 0) is 25.6 Å². The molecule has 2 N–H and O–H groups in total. The molecule has 0 radical (unpaired) electrons. The van der Waals surface area contributed by atoms with E-state index in [9.17, 15) is 24.0 Å². The fourth-order valence-electron chi connectivity index (χ4n) is 2.49. The van der Waals surface area contributed by atoms with Crippen LogP contribution in [0.2, 0.25) is 0 Å². The number of likely N-dealkylation sites (N-methyl/N-ethyl adjacent to an activating group) is 1. The van der Waals surface area contributed by atoms with Gasteiger partial charge in [-0.05, 0) is 25.0 Å². The van der Waals surface area contributed by atoms with Crippen LogP contribution in [0, 0.1) is 0 Å². The van der Waals surface area contributed by atoms with Crippen molar-refractivity contribution in [1.29, 1.82) is 0 Å². The highest BCUT2D eigenvalue weighted by Crippen LogP contribution is 2.15. The Balaban J connectivity index is 1.87. The Bertz CT molecular complexity index is 761. The zero-order valence-corrected chi connectivity index (χ0v) is 14.6. The summed E-state index contributed by atoms with van der Waals surface area (Å²) in [7, 11) is 0. The zero-order valence-electron chi connectivity index (χ0n) is 14.6. The van der Waals surface area contributed by atoms with Gasteiger partial charge in [-0.15, -0.1) is 0 Å². The van der Waals surface area contributed by atoms with Gasteiger partial charge in [0.15, 0.2) is 0 Å². The van der Waals surface area contributed by atoms with Gasteiger partial charge in [0.25, 0.3) is 0 Å². The molecule has 0 unspecified atom stereocenters. The summed E-state index contributed by atoms with van der Waals surface area (Å²) in [5.41, 5.74) is 1.61. The second-order valence-electron chi connectivity index (χ2n) is 5.56. The van der Waals surface area contributed by atoms with E-state index in [4.69, 9.17) is 0 Å². The number of amides is 6. The molecular formula is C17H20N4O5. The second-order valence-corrected chi connectivity index (χ2v) is 5.56. The maximum atomic E-state index is 12.0. The molecule has 1 aliphatic rings. The van der Waals surface area contributed by atoms with Gasteiger partial charge in [0.05, 0.1) is 6.54 Å². The molecule has 0 aromatic heterocycles. The van der Waals surface area contributed by atoms with E-state index >= 15 is 0 Å². The van der Waals surface area contributed by atoms with Gasteiger partial charge in [-0.25, -0.2) is 9.69 Å². The van der Waals surface area contributed by atoms with Crippen molar-refractivity contribution in [3.8, 4) is 0 Å². The fraction of sp³-hybridized carbons (Fsp3) is 0.353. The quantitative estimate of drug-likeness (QED) is 0.529. The molecule has 2 rings (SSSR count). The Kier molecular flexibility index (Phi) is 6.05. The molecule has 0 atom stereocenters. The maximum absolute atomic E-state index is 12.0. The molecule has 138 valence electrons. The topological polar surface area (TPSA) is 116 Å². The highest BCUT2D eigenvalue weighted by molar-refractivity contribution is 6.45. The maximum Gasteiger partial charge on any atom is 0.334 e. The number of aryl methyl sites for hydroxylation is 1. The number of carbonyl (C=O) groups is 5. The molecule has 0 aliphatic carbocycles. The summed E-state index contributed by atoms with van der Waals surface area (Å²) in [6.45, 7) is 2.61. The first-order valence-electron chi connectivity index (χ1n) is 8.20. The van der Waals surface area contributed by atoms with E-state index < -0.39 is 36.2 Å². The number of rotatable bonds is 7. The fourth-order valence-corrected chi connectivity index (χ4v) is 2.49. The lowest BCUT2D eigenvalue weighted by molar-refractivity contribution is -0.144. The lowest BCUT2D eigenvalue weighted by atomic mass is 10.1. The van der Waals surface area contributed by atoms with Crippen molar-refractivity contribution in [1.82, 2.24) is 15.1 Å². The van der Waals surface area contributed by atoms with Crippen LogP contribution in [0.5, 0.6) is 0 Å². The summed E-state index contributed by atoms with van der Waals surface area (Å²) in [5.74, 6) is -3.16. The molecule has 0 spiro atoms. The molecule has 1 aromatic carbocycles. The number of para-hydroxylation sites is 1. The summed E-state index contributed by atoms with van der Waals surface area (Å²) in [6, 6.07) is 6.45. The summed E-state index contributed by atoms with van der Waals surface area (Å²) in [5, 5.41) is 5.02. The third kappa shape index (κ3) is 4.05. The van der Waals surface area contributed by atoms with Crippen LogP contribution in [0.25, 0.3) is 0 Å². The average molecular weight is 360 g/mol. The van der Waals surface area contributed by atoms with E-state index in [2.05, 4.69) is 10.6 Å². The highest BCUT2D eigenvalue weighted by Gasteiger charge is 2.44. The van der Waals surface area contributed by atoms with E-state index in [1.807, 2.05) is 19.1 Å². The molecule has 6 amide bonds. The molecule has 1 heterocycles. The summed E-state index contributed by atoms with van der Waals surface area (Å²) < 4.78 is 0. The number of urea groups is 1. The van der Waals surface area contributed by atoms with Crippen molar-refractivity contribution in [2.75, 3.05) is 25.0 Å². The van der Waals surface area contributed by atoms with Crippen LogP contribution in [0.15, 0.2) is 24.3 Å². The summed E-state index contributed by atoms with van der Waals surface area (Å²) in [6.07, 6.45) is 0.740. The first kappa shape index (κ1) is 19.1. The van der Waals surface area contributed by atoms with E-state index in [1.54, 1.807) is 19.1 Å².